The summed E-state index contributed by atoms with van der Waals surface area (Å²) >= 11 is 0. The van der Waals surface area contributed by atoms with E-state index in [1.807, 2.05) is 4.90 Å². The molecule has 0 aromatic carbocycles. The van der Waals surface area contributed by atoms with Crippen LogP contribution in [0.3, 0.4) is 0 Å². The van der Waals surface area contributed by atoms with E-state index >= 15 is 0 Å². The lowest BCUT2D eigenvalue weighted by Crippen LogP contribution is -2.42. The first-order valence-electron chi connectivity index (χ1n) is 8.52. The number of amides is 1. The Labute approximate surface area is 133 Å². The van der Waals surface area contributed by atoms with Gasteiger partial charge in [-0.15, -0.1) is 0 Å². The maximum Gasteiger partial charge on any atom is 0.224 e. The molecule has 6 nitrogen and oxygen atoms in total. The normalized spacial score (nSPS) is 19.6. The molecule has 1 amide bonds. The molecule has 128 valence electrons. The number of hydrogen-bond donors (Lipinski definition) is 1. The number of nitrogens with one attached hydrogen (secondary N) is 1. The quantitative estimate of drug-likeness (QED) is 0.451. The van der Waals surface area contributed by atoms with Crippen molar-refractivity contribution in [2.75, 3.05) is 59.3 Å². The lowest BCUT2D eigenvalue weighted by atomic mass is 9.97. The minimum atomic E-state index is 0.212. The summed E-state index contributed by atoms with van der Waals surface area (Å²) in [5.41, 5.74) is 0.380. The topological polar surface area (TPSA) is 69.9 Å². The van der Waals surface area contributed by atoms with Crippen LogP contribution in [-0.4, -0.2) is 75.6 Å². The summed E-state index contributed by atoms with van der Waals surface area (Å²) in [5, 5.41) is 3.41. The highest BCUT2D eigenvalue weighted by Crippen LogP contribution is 2.30. The van der Waals surface area contributed by atoms with Crippen molar-refractivity contribution in [1.82, 2.24) is 10.2 Å². The SMILES string of the molecule is CCCOCCOCCOCCC(=O)N1CCC2(CC1)CN2. The van der Waals surface area contributed by atoms with E-state index < -0.39 is 0 Å². The molecule has 0 saturated carbocycles. The van der Waals surface area contributed by atoms with Crippen LogP contribution >= 0.6 is 0 Å². The maximum absolute atomic E-state index is 12.0. The zero-order valence-corrected chi connectivity index (χ0v) is 13.8. The average molecular weight is 314 g/mol. The Morgan fingerprint density at radius 3 is 2.09 bits per heavy atom. The Balaban J connectivity index is 1.38. The zero-order valence-electron chi connectivity index (χ0n) is 13.8. The molecule has 0 atom stereocenters. The molecule has 2 aliphatic heterocycles. The van der Waals surface area contributed by atoms with Crippen molar-refractivity contribution in [3.8, 4) is 0 Å². The van der Waals surface area contributed by atoms with Crippen LogP contribution in [0.5, 0.6) is 0 Å². The van der Waals surface area contributed by atoms with Crippen LogP contribution in [0, 0.1) is 0 Å². The van der Waals surface area contributed by atoms with Crippen molar-refractivity contribution in [3.05, 3.63) is 0 Å². The highest BCUT2D eigenvalue weighted by Gasteiger charge is 2.44. The molecule has 2 saturated heterocycles. The van der Waals surface area contributed by atoms with E-state index in [2.05, 4.69) is 12.2 Å². The lowest BCUT2D eigenvalue weighted by molar-refractivity contribution is -0.133. The zero-order chi connectivity index (χ0) is 15.7. The number of nitrogens with zero attached hydrogens (tertiary/aromatic N) is 1. The number of ether oxygens (including phenoxy) is 3. The first-order chi connectivity index (χ1) is 10.8. The van der Waals surface area contributed by atoms with Gasteiger partial charge in [-0.1, -0.05) is 6.92 Å². The van der Waals surface area contributed by atoms with Crippen molar-refractivity contribution in [2.24, 2.45) is 0 Å². The summed E-state index contributed by atoms with van der Waals surface area (Å²) in [6.45, 7) is 8.57. The summed E-state index contributed by atoms with van der Waals surface area (Å²) in [4.78, 5) is 14.0. The van der Waals surface area contributed by atoms with Gasteiger partial charge in [0.2, 0.25) is 5.91 Å². The van der Waals surface area contributed by atoms with Gasteiger partial charge in [0, 0.05) is 31.8 Å². The number of carbonyl (C=O) groups is 1. The van der Waals surface area contributed by atoms with Crippen LogP contribution < -0.4 is 5.32 Å². The minimum Gasteiger partial charge on any atom is -0.379 e. The van der Waals surface area contributed by atoms with E-state index in [9.17, 15) is 4.79 Å². The van der Waals surface area contributed by atoms with Crippen molar-refractivity contribution >= 4 is 5.91 Å². The fourth-order valence-corrected chi connectivity index (χ4v) is 2.67. The van der Waals surface area contributed by atoms with Gasteiger partial charge in [-0.05, 0) is 19.3 Å². The van der Waals surface area contributed by atoms with Crippen molar-refractivity contribution in [1.29, 1.82) is 0 Å². The largest absolute Gasteiger partial charge is 0.379 e. The van der Waals surface area contributed by atoms with Crippen LogP contribution in [0.15, 0.2) is 0 Å². The Kier molecular flexibility index (Phi) is 7.59. The summed E-state index contributed by atoms with van der Waals surface area (Å²) in [6, 6.07) is 0. The molecule has 0 radical (unpaired) electrons. The van der Waals surface area contributed by atoms with E-state index in [0.717, 1.165) is 45.5 Å². The van der Waals surface area contributed by atoms with Crippen LogP contribution in [0.4, 0.5) is 0 Å². The van der Waals surface area contributed by atoms with Gasteiger partial charge in [0.25, 0.3) is 0 Å². The molecule has 2 rings (SSSR count). The van der Waals surface area contributed by atoms with E-state index in [-0.39, 0.29) is 5.91 Å². The van der Waals surface area contributed by atoms with E-state index in [0.29, 0.717) is 45.0 Å². The smallest absolute Gasteiger partial charge is 0.224 e. The number of piperidine rings is 1. The Hall–Kier alpha value is -0.690. The molecule has 2 heterocycles. The van der Waals surface area contributed by atoms with Crippen LogP contribution in [0.2, 0.25) is 0 Å². The van der Waals surface area contributed by atoms with E-state index in [4.69, 9.17) is 14.2 Å². The van der Waals surface area contributed by atoms with Crippen LogP contribution in [0.1, 0.15) is 32.6 Å². The molecule has 0 aromatic heterocycles. The molecule has 2 aliphatic rings. The number of carbonyl (C=O) groups excluding carboxylic acids is 1. The average Bonchev–Trinajstić information content (AvgIpc) is 3.29. The molecular formula is C16H30N2O4. The summed E-state index contributed by atoms with van der Waals surface area (Å²) in [7, 11) is 0. The standard InChI is InChI=1S/C16H30N2O4/c1-2-8-20-10-12-22-13-11-21-9-3-15(19)18-6-4-16(5-7-18)14-17-16/h17H,2-14H2,1H3. The second-order valence-corrected chi connectivity index (χ2v) is 6.10. The molecule has 22 heavy (non-hydrogen) atoms. The van der Waals surface area contributed by atoms with Gasteiger partial charge in [0.05, 0.1) is 39.5 Å². The van der Waals surface area contributed by atoms with Crippen molar-refractivity contribution < 1.29 is 19.0 Å². The van der Waals surface area contributed by atoms with Gasteiger partial charge in [-0.25, -0.2) is 0 Å². The van der Waals surface area contributed by atoms with Gasteiger partial charge in [0.1, 0.15) is 0 Å². The molecular weight excluding hydrogens is 284 g/mol. The second-order valence-electron chi connectivity index (χ2n) is 6.10. The maximum atomic E-state index is 12.0. The highest BCUT2D eigenvalue weighted by atomic mass is 16.5. The Morgan fingerprint density at radius 1 is 1.00 bits per heavy atom. The van der Waals surface area contributed by atoms with E-state index in [1.165, 1.54) is 0 Å². The molecule has 0 aliphatic carbocycles. The van der Waals surface area contributed by atoms with E-state index in [1.54, 1.807) is 0 Å². The van der Waals surface area contributed by atoms with Gasteiger partial charge in [0.15, 0.2) is 0 Å². The predicted molar refractivity (Wildman–Crippen MR) is 83.9 cm³/mol. The number of likely N-dealkylation sites (tertiary alicyclic amines) is 1. The summed E-state index contributed by atoms with van der Waals surface area (Å²) in [5.74, 6) is 0.212. The third-order valence-electron chi connectivity index (χ3n) is 4.30. The van der Waals surface area contributed by atoms with Gasteiger partial charge in [-0.2, -0.15) is 0 Å². The molecule has 0 bridgehead atoms. The van der Waals surface area contributed by atoms with Gasteiger partial charge >= 0.3 is 0 Å². The molecule has 2 fully saturated rings. The third-order valence-corrected chi connectivity index (χ3v) is 4.30. The van der Waals surface area contributed by atoms with Gasteiger partial charge in [-0.3, -0.25) is 4.79 Å². The lowest BCUT2D eigenvalue weighted by Gasteiger charge is -2.31. The minimum absolute atomic E-state index is 0.212. The monoisotopic (exact) mass is 314 g/mol. The fourth-order valence-electron chi connectivity index (χ4n) is 2.67. The Morgan fingerprint density at radius 2 is 1.55 bits per heavy atom. The predicted octanol–water partition coefficient (Wildman–Crippen LogP) is 0.801. The van der Waals surface area contributed by atoms with Gasteiger partial charge < -0.3 is 24.4 Å². The fraction of sp³-hybridized carbons (Fsp3) is 0.938. The van der Waals surface area contributed by atoms with Crippen molar-refractivity contribution in [3.63, 3.8) is 0 Å². The first-order valence-corrected chi connectivity index (χ1v) is 8.52. The molecule has 1 spiro atoms. The number of hydrogen-bond acceptors (Lipinski definition) is 5. The summed E-state index contributed by atoms with van der Waals surface area (Å²) in [6.07, 6.45) is 3.69. The molecule has 6 heteroatoms. The Bertz CT molecular complexity index is 324. The molecule has 0 unspecified atom stereocenters. The highest BCUT2D eigenvalue weighted by molar-refractivity contribution is 5.76. The third kappa shape index (κ3) is 6.20. The first kappa shape index (κ1) is 17.7. The molecule has 1 N–H and O–H groups in total. The van der Waals surface area contributed by atoms with Crippen molar-refractivity contribution in [2.45, 2.75) is 38.1 Å². The molecule has 0 aromatic rings. The van der Waals surface area contributed by atoms with Crippen LogP contribution in [-0.2, 0) is 19.0 Å². The number of rotatable bonds is 11. The van der Waals surface area contributed by atoms with Crippen LogP contribution in [0.25, 0.3) is 0 Å². The summed E-state index contributed by atoms with van der Waals surface area (Å²) < 4.78 is 16.1. The second kappa shape index (κ2) is 9.45.